The molecule has 5 heteroatoms. The molecular formula is C13H14BrFO3. The van der Waals surface area contributed by atoms with E-state index in [9.17, 15) is 9.18 Å². The van der Waals surface area contributed by atoms with Crippen LogP contribution >= 0.6 is 15.9 Å². The van der Waals surface area contributed by atoms with Crippen molar-refractivity contribution in [2.24, 2.45) is 0 Å². The third kappa shape index (κ3) is 2.35. The molecule has 0 unspecified atom stereocenters. The summed E-state index contributed by atoms with van der Waals surface area (Å²) in [4.78, 5) is 12.5. The van der Waals surface area contributed by atoms with E-state index in [2.05, 4.69) is 15.9 Å². The molecule has 0 amide bonds. The highest BCUT2D eigenvalue weighted by molar-refractivity contribution is 9.10. The zero-order valence-electron chi connectivity index (χ0n) is 10.0. The number of ether oxygens (including phenoxy) is 2. The zero-order chi connectivity index (χ0) is 13.2. The Hall–Kier alpha value is -0.780. The minimum Gasteiger partial charge on any atom is -0.381 e. The Morgan fingerprint density at radius 3 is 2.72 bits per heavy atom. The minimum atomic E-state index is -0.958. The Kier molecular flexibility index (Phi) is 4.14. The van der Waals surface area contributed by atoms with E-state index >= 15 is 0 Å². The van der Waals surface area contributed by atoms with Crippen LogP contribution in [0.15, 0.2) is 22.7 Å². The number of benzene rings is 1. The first kappa shape index (κ1) is 13.6. The Morgan fingerprint density at radius 1 is 1.44 bits per heavy atom. The maximum atomic E-state index is 14.0. The zero-order valence-corrected chi connectivity index (χ0v) is 11.6. The van der Waals surface area contributed by atoms with Crippen molar-refractivity contribution >= 4 is 21.7 Å². The summed E-state index contributed by atoms with van der Waals surface area (Å²) in [5.74, 6) is -0.850. The van der Waals surface area contributed by atoms with E-state index in [1.54, 1.807) is 12.1 Å². The van der Waals surface area contributed by atoms with Gasteiger partial charge in [0.25, 0.3) is 0 Å². The fraction of sp³-hybridized carbons (Fsp3) is 0.462. The van der Waals surface area contributed by atoms with Crippen LogP contribution < -0.4 is 0 Å². The molecule has 1 aromatic rings. The van der Waals surface area contributed by atoms with E-state index in [0.717, 1.165) is 0 Å². The largest absolute Gasteiger partial charge is 0.381 e. The Labute approximate surface area is 113 Å². The first-order chi connectivity index (χ1) is 8.60. The van der Waals surface area contributed by atoms with Crippen LogP contribution in [0, 0.1) is 5.82 Å². The monoisotopic (exact) mass is 316 g/mol. The second kappa shape index (κ2) is 5.47. The van der Waals surface area contributed by atoms with Crippen molar-refractivity contribution in [3.8, 4) is 0 Å². The average molecular weight is 317 g/mol. The molecule has 3 nitrogen and oxygen atoms in total. The summed E-state index contributed by atoms with van der Waals surface area (Å²) in [5, 5.41) is 0. The van der Waals surface area contributed by atoms with Crippen LogP contribution in [-0.2, 0) is 9.47 Å². The molecule has 1 saturated heterocycles. The van der Waals surface area contributed by atoms with Crippen LogP contribution in [0.25, 0.3) is 0 Å². The molecule has 0 saturated carbocycles. The Morgan fingerprint density at radius 2 is 2.11 bits per heavy atom. The molecular weight excluding hydrogens is 303 g/mol. The number of hydrogen-bond donors (Lipinski definition) is 0. The topological polar surface area (TPSA) is 35.5 Å². The first-order valence-electron chi connectivity index (χ1n) is 5.72. The smallest absolute Gasteiger partial charge is 0.197 e. The van der Waals surface area contributed by atoms with Crippen molar-refractivity contribution in [3.63, 3.8) is 0 Å². The quantitative estimate of drug-likeness (QED) is 0.804. The van der Waals surface area contributed by atoms with Gasteiger partial charge in [-0.2, -0.15) is 0 Å². The van der Waals surface area contributed by atoms with Gasteiger partial charge in [-0.3, -0.25) is 4.79 Å². The van der Waals surface area contributed by atoms with Gasteiger partial charge in [0.2, 0.25) is 0 Å². The normalized spacial score (nSPS) is 18.6. The van der Waals surface area contributed by atoms with E-state index in [4.69, 9.17) is 9.47 Å². The van der Waals surface area contributed by atoms with Gasteiger partial charge in [0.15, 0.2) is 5.78 Å². The fourth-order valence-electron chi connectivity index (χ4n) is 2.15. The van der Waals surface area contributed by atoms with Crippen LogP contribution in [0.2, 0.25) is 0 Å². The molecule has 0 spiro atoms. The number of hydrogen-bond acceptors (Lipinski definition) is 3. The van der Waals surface area contributed by atoms with E-state index in [0.29, 0.717) is 26.1 Å². The van der Waals surface area contributed by atoms with E-state index in [1.165, 1.54) is 13.2 Å². The molecule has 0 bridgehead atoms. The summed E-state index contributed by atoms with van der Waals surface area (Å²) < 4.78 is 24.9. The summed E-state index contributed by atoms with van der Waals surface area (Å²) in [7, 11) is 1.49. The lowest BCUT2D eigenvalue weighted by molar-refractivity contribution is -0.0664. The molecule has 0 N–H and O–H groups in total. The molecule has 0 aliphatic carbocycles. The lowest BCUT2D eigenvalue weighted by atomic mass is 9.85. The van der Waals surface area contributed by atoms with Crippen LogP contribution in [0.3, 0.4) is 0 Å². The third-order valence-electron chi connectivity index (χ3n) is 3.30. The third-order valence-corrected chi connectivity index (χ3v) is 3.91. The predicted octanol–water partition coefficient (Wildman–Crippen LogP) is 2.97. The standard InChI is InChI=1S/C13H14BrFO3/c1-17-13(5-7-18-8-6-13)12(16)9-3-2-4-10(14)11(9)15/h2-4H,5-8H2,1H3. The number of carbonyl (C=O) groups excluding carboxylic acids is 1. The van der Waals surface area contributed by atoms with Crippen molar-refractivity contribution < 1.29 is 18.7 Å². The summed E-state index contributed by atoms with van der Waals surface area (Å²) in [6.07, 6.45) is 0.905. The highest BCUT2D eigenvalue weighted by Crippen LogP contribution is 2.31. The molecule has 1 fully saturated rings. The number of carbonyl (C=O) groups is 1. The number of rotatable bonds is 3. The minimum absolute atomic E-state index is 0.0631. The van der Waals surface area contributed by atoms with Crippen LogP contribution in [0.4, 0.5) is 4.39 Å². The van der Waals surface area contributed by atoms with Gasteiger partial charge in [0, 0.05) is 33.2 Å². The van der Waals surface area contributed by atoms with E-state index < -0.39 is 11.4 Å². The van der Waals surface area contributed by atoms with Gasteiger partial charge in [-0.1, -0.05) is 6.07 Å². The van der Waals surface area contributed by atoms with Gasteiger partial charge in [0.1, 0.15) is 11.4 Å². The second-order valence-corrected chi connectivity index (χ2v) is 5.10. The fourth-order valence-corrected chi connectivity index (χ4v) is 2.52. The lowest BCUT2D eigenvalue weighted by Crippen LogP contribution is -2.46. The van der Waals surface area contributed by atoms with Crippen molar-refractivity contribution in [2.75, 3.05) is 20.3 Å². The van der Waals surface area contributed by atoms with Gasteiger partial charge in [-0.05, 0) is 28.1 Å². The molecule has 0 radical (unpaired) electrons. The average Bonchev–Trinajstić information content (AvgIpc) is 2.42. The Bertz CT molecular complexity index is 456. The molecule has 1 aliphatic heterocycles. The van der Waals surface area contributed by atoms with Crippen molar-refractivity contribution in [1.82, 2.24) is 0 Å². The summed E-state index contributed by atoms with van der Waals surface area (Å²) in [5.41, 5.74) is -0.895. The SMILES string of the molecule is COC1(C(=O)c2cccc(Br)c2F)CCOCC1. The number of Topliss-reactive ketones (excluding diaryl/α,β-unsaturated/α-hetero) is 1. The summed E-state index contributed by atoms with van der Waals surface area (Å²) >= 11 is 3.09. The molecule has 0 aromatic heterocycles. The number of methoxy groups -OCH3 is 1. The van der Waals surface area contributed by atoms with Gasteiger partial charge in [0.05, 0.1) is 10.0 Å². The lowest BCUT2D eigenvalue weighted by Gasteiger charge is -2.34. The molecule has 98 valence electrons. The molecule has 0 atom stereocenters. The maximum Gasteiger partial charge on any atom is 0.197 e. The predicted molar refractivity (Wildman–Crippen MR) is 68.2 cm³/mol. The highest BCUT2D eigenvalue weighted by atomic mass is 79.9. The van der Waals surface area contributed by atoms with Crippen molar-refractivity contribution in [2.45, 2.75) is 18.4 Å². The van der Waals surface area contributed by atoms with E-state index in [-0.39, 0.29) is 15.8 Å². The Balaban J connectivity index is 2.37. The summed E-state index contributed by atoms with van der Waals surface area (Å²) in [6, 6.07) is 4.69. The van der Waals surface area contributed by atoms with Crippen molar-refractivity contribution in [3.05, 3.63) is 34.1 Å². The molecule has 1 heterocycles. The second-order valence-electron chi connectivity index (χ2n) is 4.24. The van der Waals surface area contributed by atoms with Gasteiger partial charge >= 0.3 is 0 Å². The number of ketones is 1. The van der Waals surface area contributed by atoms with Crippen molar-refractivity contribution in [1.29, 1.82) is 0 Å². The maximum absolute atomic E-state index is 14.0. The van der Waals surface area contributed by atoms with Gasteiger partial charge in [-0.25, -0.2) is 4.39 Å². The molecule has 1 aliphatic rings. The van der Waals surface area contributed by atoms with Crippen LogP contribution in [-0.4, -0.2) is 31.7 Å². The summed E-state index contributed by atoms with van der Waals surface area (Å²) in [6.45, 7) is 0.907. The number of halogens is 2. The van der Waals surface area contributed by atoms with Crippen LogP contribution in [0.1, 0.15) is 23.2 Å². The van der Waals surface area contributed by atoms with Crippen LogP contribution in [0.5, 0.6) is 0 Å². The molecule has 18 heavy (non-hydrogen) atoms. The first-order valence-corrected chi connectivity index (χ1v) is 6.52. The molecule has 1 aromatic carbocycles. The van der Waals surface area contributed by atoms with Gasteiger partial charge in [-0.15, -0.1) is 0 Å². The molecule has 2 rings (SSSR count). The van der Waals surface area contributed by atoms with E-state index in [1.807, 2.05) is 0 Å². The van der Waals surface area contributed by atoms with Gasteiger partial charge < -0.3 is 9.47 Å². The highest BCUT2D eigenvalue weighted by Gasteiger charge is 2.41.